The van der Waals surface area contributed by atoms with Crippen molar-refractivity contribution >= 4 is 28.6 Å². The predicted molar refractivity (Wildman–Crippen MR) is 154 cm³/mol. The molecule has 0 radical (unpaired) electrons. The van der Waals surface area contributed by atoms with Gasteiger partial charge >= 0.3 is 0 Å². The van der Waals surface area contributed by atoms with E-state index in [0.717, 1.165) is 53.9 Å². The standard InChI is InChI=1S/C33H32N4O3/c1-18-4-2-3-5-22(18)31-24(32(40-36-31)19-6-7-19)12-11-23-26-16-37(17-27(23)26)20-8-13-28-25(14-20)30(39-21-9-10-21)15-29(35-28)33(34)38/h2-5,8,11-15,19,21,23,26-27H,6-7,9-10,16-17H2,1H3,(H2,34,38)/b12-11+. The number of ether oxygens (including phenoxy) is 1. The zero-order valence-electron chi connectivity index (χ0n) is 22.5. The summed E-state index contributed by atoms with van der Waals surface area (Å²) >= 11 is 0. The van der Waals surface area contributed by atoms with Crippen LogP contribution in [0.5, 0.6) is 5.75 Å². The molecule has 2 N–H and O–H groups in total. The van der Waals surface area contributed by atoms with Crippen LogP contribution in [-0.4, -0.2) is 35.2 Å². The normalized spacial score (nSPS) is 23.6. The Morgan fingerprint density at radius 1 is 1.07 bits per heavy atom. The van der Waals surface area contributed by atoms with E-state index in [1.807, 2.05) is 6.07 Å². The average Bonchev–Trinajstić information content (AvgIpc) is 3.93. The number of amides is 1. The van der Waals surface area contributed by atoms with Crippen molar-refractivity contribution in [2.45, 2.75) is 44.6 Å². The van der Waals surface area contributed by atoms with Gasteiger partial charge in [0.25, 0.3) is 5.91 Å². The number of piperidine rings is 1. The number of primary amides is 1. The van der Waals surface area contributed by atoms with E-state index in [1.165, 1.54) is 29.7 Å². The zero-order chi connectivity index (χ0) is 27.0. The minimum atomic E-state index is -0.535. The maximum absolute atomic E-state index is 11.8. The van der Waals surface area contributed by atoms with Crippen molar-refractivity contribution in [3.8, 4) is 17.0 Å². The van der Waals surface area contributed by atoms with E-state index in [9.17, 15) is 4.79 Å². The third kappa shape index (κ3) is 4.15. The van der Waals surface area contributed by atoms with Crippen LogP contribution >= 0.6 is 0 Å². The number of allylic oxidation sites excluding steroid dienone is 1. The zero-order valence-corrected chi connectivity index (χ0v) is 22.5. The fourth-order valence-electron chi connectivity index (χ4n) is 6.39. The molecule has 3 saturated carbocycles. The average molecular weight is 533 g/mol. The smallest absolute Gasteiger partial charge is 0.267 e. The second kappa shape index (κ2) is 8.95. The Kier molecular flexibility index (Phi) is 5.31. The van der Waals surface area contributed by atoms with Crippen molar-refractivity contribution in [1.29, 1.82) is 0 Å². The lowest BCUT2D eigenvalue weighted by molar-refractivity contribution is 0.0995. The van der Waals surface area contributed by atoms with E-state index in [-0.39, 0.29) is 11.8 Å². The van der Waals surface area contributed by atoms with Gasteiger partial charge in [0.05, 0.1) is 11.6 Å². The molecule has 4 aliphatic rings. The van der Waals surface area contributed by atoms with Gasteiger partial charge in [-0.1, -0.05) is 41.6 Å². The van der Waals surface area contributed by atoms with Crippen LogP contribution in [0, 0.1) is 24.7 Å². The van der Waals surface area contributed by atoms with Gasteiger partial charge in [-0.2, -0.15) is 0 Å². The number of benzene rings is 2. The number of carbonyl (C=O) groups is 1. The Bertz CT molecular complexity index is 1670. The number of anilines is 1. The number of pyridine rings is 1. The van der Waals surface area contributed by atoms with Crippen LogP contribution in [0.4, 0.5) is 5.69 Å². The SMILES string of the molecule is Cc1ccccc1-c1noc(C2CC2)c1/C=C/C1C2CN(c3ccc4nc(C(N)=O)cc(OC5CC5)c4c3)CC12. The van der Waals surface area contributed by atoms with Gasteiger partial charge in [-0.25, -0.2) is 4.98 Å². The van der Waals surface area contributed by atoms with Gasteiger partial charge in [-0.15, -0.1) is 0 Å². The first-order valence-corrected chi connectivity index (χ1v) is 14.4. The first-order valence-electron chi connectivity index (χ1n) is 14.4. The highest BCUT2D eigenvalue weighted by molar-refractivity contribution is 5.97. The number of nitrogens with two attached hydrogens (primary N) is 1. The molecule has 4 fully saturated rings. The van der Waals surface area contributed by atoms with Crippen molar-refractivity contribution in [1.82, 2.24) is 10.1 Å². The van der Waals surface area contributed by atoms with Gasteiger partial charge in [-0.3, -0.25) is 4.79 Å². The second-order valence-corrected chi connectivity index (χ2v) is 12.0. The van der Waals surface area contributed by atoms with Crippen LogP contribution in [0.25, 0.3) is 28.2 Å². The highest BCUT2D eigenvalue weighted by atomic mass is 16.5. The van der Waals surface area contributed by atoms with Crippen LogP contribution in [0.2, 0.25) is 0 Å². The fraction of sp³-hybridized carbons (Fsp3) is 0.364. The summed E-state index contributed by atoms with van der Waals surface area (Å²) in [5, 5.41) is 5.46. The molecule has 8 rings (SSSR count). The number of aromatic nitrogens is 2. The lowest BCUT2D eigenvalue weighted by atomic mass is 9.99. The summed E-state index contributed by atoms with van der Waals surface area (Å²) in [5.74, 6) is 3.61. The number of aryl methyl sites for hydroxylation is 1. The van der Waals surface area contributed by atoms with Gasteiger partial charge < -0.3 is 19.9 Å². The minimum Gasteiger partial charge on any atom is -0.490 e. The summed E-state index contributed by atoms with van der Waals surface area (Å²) < 4.78 is 12.0. The highest BCUT2D eigenvalue weighted by Gasteiger charge is 2.54. The number of hydrogen-bond acceptors (Lipinski definition) is 6. The molecule has 4 aromatic rings. The first-order chi connectivity index (χ1) is 19.5. The molecule has 202 valence electrons. The summed E-state index contributed by atoms with van der Waals surface area (Å²) in [4.78, 5) is 18.8. The first kappa shape index (κ1) is 23.7. The molecule has 7 nitrogen and oxygen atoms in total. The van der Waals surface area contributed by atoms with Crippen LogP contribution in [0.15, 0.2) is 59.1 Å². The number of carbonyl (C=O) groups excluding carboxylic acids is 1. The van der Waals surface area contributed by atoms with E-state index in [0.29, 0.717) is 29.4 Å². The lowest BCUT2D eigenvalue weighted by Crippen LogP contribution is -2.23. The summed E-state index contributed by atoms with van der Waals surface area (Å²) in [6, 6.07) is 16.4. The molecule has 2 aromatic heterocycles. The summed E-state index contributed by atoms with van der Waals surface area (Å²) in [5.41, 5.74) is 12.2. The van der Waals surface area contributed by atoms with E-state index in [1.54, 1.807) is 6.07 Å². The minimum absolute atomic E-state index is 0.221. The topological polar surface area (TPSA) is 94.5 Å². The number of rotatable bonds is 8. The molecule has 1 saturated heterocycles. The third-order valence-electron chi connectivity index (χ3n) is 9.04. The Balaban J connectivity index is 1.02. The summed E-state index contributed by atoms with van der Waals surface area (Å²) in [7, 11) is 0. The molecule has 3 aliphatic carbocycles. The monoisotopic (exact) mass is 532 g/mol. The number of nitrogens with zero attached hydrogens (tertiary/aromatic N) is 3. The van der Waals surface area contributed by atoms with Gasteiger partial charge in [0.15, 0.2) is 0 Å². The Hall–Kier alpha value is -4.13. The maximum Gasteiger partial charge on any atom is 0.267 e. The molecule has 3 heterocycles. The summed E-state index contributed by atoms with van der Waals surface area (Å²) in [6.07, 6.45) is 9.38. The van der Waals surface area contributed by atoms with Gasteiger partial charge in [0.2, 0.25) is 0 Å². The van der Waals surface area contributed by atoms with Gasteiger partial charge in [0, 0.05) is 47.3 Å². The fourth-order valence-corrected chi connectivity index (χ4v) is 6.39. The van der Waals surface area contributed by atoms with Gasteiger partial charge in [0.1, 0.15) is 22.9 Å². The summed E-state index contributed by atoms with van der Waals surface area (Å²) in [6.45, 7) is 4.19. The van der Waals surface area contributed by atoms with Crippen LogP contribution in [0.3, 0.4) is 0 Å². The molecule has 7 heteroatoms. The largest absolute Gasteiger partial charge is 0.490 e. The number of hydrogen-bond donors (Lipinski definition) is 1. The van der Waals surface area contributed by atoms with E-state index in [4.69, 9.17) is 15.0 Å². The van der Waals surface area contributed by atoms with Crippen molar-refractivity contribution in [2.24, 2.45) is 23.5 Å². The molecule has 1 aliphatic heterocycles. The van der Waals surface area contributed by atoms with Crippen molar-refractivity contribution in [2.75, 3.05) is 18.0 Å². The van der Waals surface area contributed by atoms with Crippen molar-refractivity contribution in [3.63, 3.8) is 0 Å². The number of fused-ring (bicyclic) bond motifs is 2. The maximum atomic E-state index is 11.8. The van der Waals surface area contributed by atoms with Crippen LogP contribution < -0.4 is 15.4 Å². The molecular weight excluding hydrogens is 500 g/mol. The van der Waals surface area contributed by atoms with E-state index in [2.05, 4.69) is 70.5 Å². The molecule has 1 amide bonds. The van der Waals surface area contributed by atoms with Crippen LogP contribution in [-0.2, 0) is 0 Å². The van der Waals surface area contributed by atoms with Crippen molar-refractivity contribution < 1.29 is 14.1 Å². The Morgan fingerprint density at radius 3 is 2.60 bits per heavy atom. The van der Waals surface area contributed by atoms with E-state index < -0.39 is 5.91 Å². The molecule has 2 aromatic carbocycles. The van der Waals surface area contributed by atoms with Crippen molar-refractivity contribution in [3.05, 3.63) is 77.2 Å². The predicted octanol–water partition coefficient (Wildman–Crippen LogP) is 6.11. The molecule has 40 heavy (non-hydrogen) atoms. The van der Waals surface area contributed by atoms with Gasteiger partial charge in [-0.05, 0) is 74.1 Å². The third-order valence-corrected chi connectivity index (χ3v) is 9.04. The molecular formula is C33H32N4O3. The van der Waals surface area contributed by atoms with E-state index >= 15 is 0 Å². The molecule has 2 unspecified atom stereocenters. The second-order valence-electron chi connectivity index (χ2n) is 12.0. The molecule has 0 bridgehead atoms. The molecule has 0 spiro atoms. The quantitative estimate of drug-likeness (QED) is 0.294. The Labute approximate surface area is 233 Å². The Morgan fingerprint density at radius 2 is 1.88 bits per heavy atom. The molecule has 2 atom stereocenters. The lowest BCUT2D eigenvalue weighted by Gasteiger charge is -2.22. The highest BCUT2D eigenvalue weighted by Crippen LogP contribution is 2.54. The van der Waals surface area contributed by atoms with Crippen LogP contribution in [0.1, 0.15) is 59.0 Å².